The van der Waals surface area contributed by atoms with Crippen LogP contribution in [0.3, 0.4) is 0 Å². The highest BCUT2D eigenvalue weighted by atomic mass is 16.5. The molecule has 7 heteroatoms. The summed E-state index contributed by atoms with van der Waals surface area (Å²) in [4.78, 5) is 33.9. The van der Waals surface area contributed by atoms with Gasteiger partial charge < -0.3 is 4.52 Å². The van der Waals surface area contributed by atoms with E-state index in [9.17, 15) is 14.4 Å². The van der Waals surface area contributed by atoms with Crippen LogP contribution < -0.4 is 5.32 Å². The number of hydrogen-bond acceptors (Lipinski definition) is 5. The zero-order valence-corrected chi connectivity index (χ0v) is 7.81. The number of amides is 4. The third kappa shape index (κ3) is 1.58. The molecule has 0 spiro atoms. The van der Waals surface area contributed by atoms with Crippen molar-refractivity contribution in [2.24, 2.45) is 0 Å². The van der Waals surface area contributed by atoms with Crippen LogP contribution in [0.15, 0.2) is 10.6 Å². The van der Waals surface area contributed by atoms with Crippen LogP contribution in [-0.4, -0.2) is 27.9 Å². The van der Waals surface area contributed by atoms with Crippen LogP contribution in [0, 0.1) is 6.92 Å². The van der Waals surface area contributed by atoms with Crippen molar-refractivity contribution in [1.29, 1.82) is 0 Å². The standard InChI is InChI=1S/C8H7N3O4/c1-4-2-5(10-15-4)3-11-7(13)6(12)9-8(11)14/h2H,3H2,1H3,(H,9,12,14). The van der Waals surface area contributed by atoms with Gasteiger partial charge in [-0.15, -0.1) is 0 Å². The van der Waals surface area contributed by atoms with E-state index in [4.69, 9.17) is 4.52 Å². The molecule has 1 saturated heterocycles. The number of nitrogens with one attached hydrogen (secondary N) is 1. The second kappa shape index (κ2) is 3.19. The predicted octanol–water partition coefficient (Wildman–Crippen LogP) is -0.439. The normalized spacial score (nSPS) is 16.1. The lowest BCUT2D eigenvalue weighted by atomic mass is 10.3. The van der Waals surface area contributed by atoms with E-state index in [2.05, 4.69) is 5.16 Å². The Hall–Kier alpha value is -2.18. The fraction of sp³-hybridized carbons (Fsp3) is 0.250. The molecule has 1 aromatic heterocycles. The van der Waals surface area contributed by atoms with Gasteiger partial charge in [0, 0.05) is 6.07 Å². The van der Waals surface area contributed by atoms with Gasteiger partial charge in [-0.2, -0.15) is 0 Å². The van der Waals surface area contributed by atoms with Crippen LogP contribution in [0.4, 0.5) is 4.79 Å². The molecule has 1 N–H and O–H groups in total. The van der Waals surface area contributed by atoms with E-state index >= 15 is 0 Å². The number of aromatic nitrogens is 1. The molecule has 2 heterocycles. The maximum atomic E-state index is 11.2. The zero-order chi connectivity index (χ0) is 11.0. The third-order valence-corrected chi connectivity index (χ3v) is 1.90. The van der Waals surface area contributed by atoms with Gasteiger partial charge in [0.1, 0.15) is 11.5 Å². The Balaban J connectivity index is 2.16. The van der Waals surface area contributed by atoms with E-state index in [1.165, 1.54) is 0 Å². The molecular weight excluding hydrogens is 202 g/mol. The van der Waals surface area contributed by atoms with Gasteiger partial charge in [0.05, 0.1) is 6.54 Å². The molecule has 0 aliphatic carbocycles. The van der Waals surface area contributed by atoms with Crippen molar-refractivity contribution in [3.05, 3.63) is 17.5 Å². The molecule has 78 valence electrons. The van der Waals surface area contributed by atoms with Gasteiger partial charge in [0.25, 0.3) is 0 Å². The van der Waals surface area contributed by atoms with E-state index in [1.54, 1.807) is 13.0 Å². The predicted molar refractivity (Wildman–Crippen MR) is 45.3 cm³/mol. The number of aryl methyl sites for hydroxylation is 1. The molecule has 1 fully saturated rings. The fourth-order valence-electron chi connectivity index (χ4n) is 1.23. The summed E-state index contributed by atoms with van der Waals surface area (Å²) in [6.45, 7) is 1.63. The van der Waals surface area contributed by atoms with Crippen LogP contribution >= 0.6 is 0 Å². The lowest BCUT2D eigenvalue weighted by Crippen LogP contribution is -2.30. The second-order valence-electron chi connectivity index (χ2n) is 3.08. The fourth-order valence-corrected chi connectivity index (χ4v) is 1.23. The van der Waals surface area contributed by atoms with E-state index < -0.39 is 17.8 Å². The molecule has 0 saturated carbocycles. The summed E-state index contributed by atoms with van der Waals surface area (Å²) in [5, 5.41) is 5.50. The molecule has 7 nitrogen and oxygen atoms in total. The average Bonchev–Trinajstić information content (AvgIpc) is 2.67. The van der Waals surface area contributed by atoms with Crippen molar-refractivity contribution in [3.8, 4) is 0 Å². The molecule has 0 unspecified atom stereocenters. The highest BCUT2D eigenvalue weighted by Gasteiger charge is 2.37. The van der Waals surface area contributed by atoms with Crippen molar-refractivity contribution < 1.29 is 18.9 Å². The highest BCUT2D eigenvalue weighted by Crippen LogP contribution is 2.09. The Kier molecular flexibility index (Phi) is 2.00. The monoisotopic (exact) mass is 209 g/mol. The van der Waals surface area contributed by atoms with Crippen molar-refractivity contribution in [1.82, 2.24) is 15.4 Å². The number of imide groups is 2. The largest absolute Gasteiger partial charge is 0.361 e. The lowest BCUT2D eigenvalue weighted by Gasteiger charge is -2.07. The van der Waals surface area contributed by atoms with Crippen LogP contribution in [0.5, 0.6) is 0 Å². The molecule has 2 rings (SSSR count). The summed E-state index contributed by atoms with van der Waals surface area (Å²) in [5.74, 6) is -1.22. The maximum Gasteiger partial charge on any atom is 0.331 e. The number of carbonyl (C=O) groups excluding carboxylic acids is 3. The Morgan fingerprint density at radius 3 is 2.67 bits per heavy atom. The minimum Gasteiger partial charge on any atom is -0.361 e. The van der Waals surface area contributed by atoms with E-state index in [0.29, 0.717) is 11.5 Å². The molecule has 4 amide bonds. The Morgan fingerprint density at radius 2 is 2.20 bits per heavy atom. The van der Waals surface area contributed by atoms with E-state index in [0.717, 1.165) is 4.90 Å². The van der Waals surface area contributed by atoms with Crippen molar-refractivity contribution >= 4 is 17.8 Å². The van der Waals surface area contributed by atoms with Gasteiger partial charge in [0.2, 0.25) is 0 Å². The number of hydrogen-bond donors (Lipinski definition) is 1. The number of urea groups is 1. The number of nitrogens with zero attached hydrogens (tertiary/aromatic N) is 2. The van der Waals surface area contributed by atoms with E-state index in [-0.39, 0.29) is 6.54 Å². The SMILES string of the molecule is Cc1cc(CN2C(=O)NC(=O)C2=O)no1. The maximum absolute atomic E-state index is 11.2. The number of rotatable bonds is 2. The third-order valence-electron chi connectivity index (χ3n) is 1.90. The first kappa shape index (κ1) is 9.38. The van der Waals surface area contributed by atoms with Crippen LogP contribution in [0.25, 0.3) is 0 Å². The Morgan fingerprint density at radius 1 is 1.47 bits per heavy atom. The molecule has 0 bridgehead atoms. The molecular formula is C8H7N3O4. The quantitative estimate of drug-likeness (QED) is 0.526. The Labute approximate surface area is 84.0 Å². The van der Waals surface area contributed by atoms with Crippen LogP contribution in [-0.2, 0) is 16.1 Å². The molecule has 0 aromatic carbocycles. The summed E-state index contributed by atoms with van der Waals surface area (Å²) in [6.07, 6.45) is 0. The molecule has 1 aromatic rings. The van der Waals surface area contributed by atoms with E-state index in [1.807, 2.05) is 5.32 Å². The van der Waals surface area contributed by atoms with Crippen LogP contribution in [0.2, 0.25) is 0 Å². The van der Waals surface area contributed by atoms with Gasteiger partial charge >= 0.3 is 17.8 Å². The summed E-state index contributed by atoms with van der Waals surface area (Å²) in [7, 11) is 0. The first-order valence-electron chi connectivity index (χ1n) is 4.17. The van der Waals surface area contributed by atoms with Gasteiger partial charge in [-0.1, -0.05) is 5.16 Å². The molecule has 1 aliphatic heterocycles. The first-order valence-corrected chi connectivity index (χ1v) is 4.17. The summed E-state index contributed by atoms with van der Waals surface area (Å²) in [6, 6.07) is 0.856. The van der Waals surface area contributed by atoms with Crippen LogP contribution in [0.1, 0.15) is 11.5 Å². The minimum absolute atomic E-state index is 0.0618. The first-order chi connectivity index (χ1) is 7.08. The van der Waals surface area contributed by atoms with Gasteiger partial charge in [-0.05, 0) is 6.92 Å². The van der Waals surface area contributed by atoms with Gasteiger partial charge in [0.15, 0.2) is 0 Å². The second-order valence-corrected chi connectivity index (χ2v) is 3.08. The van der Waals surface area contributed by atoms with Crippen molar-refractivity contribution in [3.63, 3.8) is 0 Å². The number of carbonyl (C=O) groups is 3. The summed E-state index contributed by atoms with van der Waals surface area (Å²) >= 11 is 0. The van der Waals surface area contributed by atoms with Gasteiger partial charge in [-0.25, -0.2) is 9.69 Å². The summed E-state index contributed by atoms with van der Waals surface area (Å²) in [5.41, 5.74) is 0.422. The minimum atomic E-state index is -0.916. The molecule has 0 radical (unpaired) electrons. The topological polar surface area (TPSA) is 92.5 Å². The van der Waals surface area contributed by atoms with Crippen molar-refractivity contribution in [2.45, 2.75) is 13.5 Å². The smallest absolute Gasteiger partial charge is 0.331 e. The van der Waals surface area contributed by atoms with Crippen molar-refractivity contribution in [2.75, 3.05) is 0 Å². The molecule has 0 atom stereocenters. The Bertz CT molecular complexity index is 450. The molecule has 1 aliphatic rings. The van der Waals surface area contributed by atoms with Gasteiger partial charge in [-0.3, -0.25) is 14.9 Å². The lowest BCUT2D eigenvalue weighted by molar-refractivity contribution is -0.140. The summed E-state index contributed by atoms with van der Waals surface area (Å²) < 4.78 is 4.77. The highest BCUT2D eigenvalue weighted by molar-refractivity contribution is 6.44. The average molecular weight is 209 g/mol. The molecule has 15 heavy (non-hydrogen) atoms. The zero-order valence-electron chi connectivity index (χ0n) is 7.81.